The maximum absolute atomic E-state index is 12.4. The lowest BCUT2D eigenvalue weighted by Gasteiger charge is -2.12. The van der Waals surface area contributed by atoms with Crippen LogP contribution in [0.5, 0.6) is 0 Å². The molecule has 0 aromatic heterocycles. The number of ether oxygens (including phenoxy) is 1. The second-order valence-electron chi connectivity index (χ2n) is 5.97. The van der Waals surface area contributed by atoms with Crippen LogP contribution in [0.25, 0.3) is 0 Å². The van der Waals surface area contributed by atoms with Crippen molar-refractivity contribution in [3.8, 4) is 0 Å². The first-order valence-electron chi connectivity index (χ1n) is 7.74. The van der Waals surface area contributed by atoms with E-state index in [9.17, 15) is 9.90 Å². The summed E-state index contributed by atoms with van der Waals surface area (Å²) in [5, 5.41) is 18.9. The van der Waals surface area contributed by atoms with Gasteiger partial charge in [0.15, 0.2) is 5.78 Å². The smallest absolute Gasteiger partial charge is 0.193 e. The van der Waals surface area contributed by atoms with E-state index in [-0.39, 0.29) is 18.5 Å². The molecule has 1 heterocycles. The van der Waals surface area contributed by atoms with Crippen LogP contribution in [-0.4, -0.2) is 34.8 Å². The Morgan fingerprint density at radius 2 is 1.65 bits per heavy atom. The fourth-order valence-electron chi connectivity index (χ4n) is 2.83. The summed E-state index contributed by atoms with van der Waals surface area (Å²) in [7, 11) is 0. The summed E-state index contributed by atoms with van der Waals surface area (Å²) in [6, 6.07) is 14.7. The Labute approximate surface area is 135 Å². The first kappa shape index (κ1) is 15.9. The monoisotopic (exact) mass is 312 g/mol. The van der Waals surface area contributed by atoms with Crippen LogP contribution in [0.15, 0.2) is 48.5 Å². The van der Waals surface area contributed by atoms with Crippen molar-refractivity contribution in [3.63, 3.8) is 0 Å². The number of carbonyl (C=O) groups is 1. The standard InChI is InChI=1S/C19H20O4/c1-12-2-4-14(5-3-12)19(22)15-8-6-13(7-9-15)17-10-16(21)18(11-20)23-17/h2-9,16-18,20-21H,10-11H2,1H3/t16-,17+,18+/m0/s1. The molecule has 1 fully saturated rings. The van der Waals surface area contributed by atoms with Gasteiger partial charge in [-0.25, -0.2) is 0 Å². The van der Waals surface area contributed by atoms with Gasteiger partial charge in [-0.05, 0) is 12.5 Å². The Balaban J connectivity index is 1.75. The second kappa shape index (κ2) is 6.62. The van der Waals surface area contributed by atoms with E-state index >= 15 is 0 Å². The van der Waals surface area contributed by atoms with Crippen molar-refractivity contribution in [3.05, 3.63) is 70.8 Å². The van der Waals surface area contributed by atoms with E-state index in [4.69, 9.17) is 9.84 Å². The third-order valence-corrected chi connectivity index (χ3v) is 4.26. The fourth-order valence-corrected chi connectivity index (χ4v) is 2.83. The molecule has 0 saturated carbocycles. The molecule has 2 aromatic carbocycles. The molecule has 0 bridgehead atoms. The van der Waals surface area contributed by atoms with Crippen LogP contribution in [0.3, 0.4) is 0 Å². The first-order valence-corrected chi connectivity index (χ1v) is 7.74. The van der Waals surface area contributed by atoms with Crippen molar-refractivity contribution in [2.45, 2.75) is 31.7 Å². The number of aliphatic hydroxyl groups excluding tert-OH is 2. The van der Waals surface area contributed by atoms with E-state index in [2.05, 4.69) is 0 Å². The number of rotatable bonds is 4. The van der Waals surface area contributed by atoms with Gasteiger partial charge in [0.1, 0.15) is 6.10 Å². The largest absolute Gasteiger partial charge is 0.394 e. The molecule has 4 nitrogen and oxygen atoms in total. The molecule has 1 aliphatic heterocycles. The molecule has 0 spiro atoms. The van der Waals surface area contributed by atoms with Crippen LogP contribution in [0.2, 0.25) is 0 Å². The van der Waals surface area contributed by atoms with E-state index in [1.54, 1.807) is 12.1 Å². The molecule has 4 heteroatoms. The summed E-state index contributed by atoms with van der Waals surface area (Å²) in [6.45, 7) is 1.79. The molecule has 1 saturated heterocycles. The Morgan fingerprint density at radius 1 is 1.09 bits per heavy atom. The highest BCUT2D eigenvalue weighted by Gasteiger charge is 2.34. The third kappa shape index (κ3) is 3.34. The van der Waals surface area contributed by atoms with Gasteiger partial charge >= 0.3 is 0 Å². The molecule has 3 atom stereocenters. The van der Waals surface area contributed by atoms with Crippen molar-refractivity contribution < 1.29 is 19.7 Å². The van der Waals surface area contributed by atoms with Crippen molar-refractivity contribution in [1.29, 1.82) is 0 Å². The third-order valence-electron chi connectivity index (χ3n) is 4.26. The van der Waals surface area contributed by atoms with Crippen LogP contribution in [0.1, 0.15) is 39.6 Å². The number of carbonyl (C=O) groups excluding carboxylic acids is 1. The Morgan fingerprint density at radius 3 is 2.17 bits per heavy atom. The zero-order chi connectivity index (χ0) is 16.4. The van der Waals surface area contributed by atoms with Gasteiger partial charge in [-0.15, -0.1) is 0 Å². The van der Waals surface area contributed by atoms with Gasteiger partial charge in [-0.3, -0.25) is 4.79 Å². The van der Waals surface area contributed by atoms with E-state index in [0.717, 1.165) is 11.1 Å². The molecule has 3 rings (SSSR count). The Bertz CT molecular complexity index is 676. The number of benzene rings is 2. The minimum absolute atomic E-state index is 0.0165. The molecule has 0 amide bonds. The molecular weight excluding hydrogens is 292 g/mol. The van der Waals surface area contributed by atoms with Crippen LogP contribution in [0.4, 0.5) is 0 Å². The zero-order valence-electron chi connectivity index (χ0n) is 13.0. The predicted molar refractivity (Wildman–Crippen MR) is 86.4 cm³/mol. The summed E-state index contributed by atoms with van der Waals surface area (Å²) in [5.41, 5.74) is 3.30. The van der Waals surface area contributed by atoms with Gasteiger partial charge in [0.05, 0.1) is 18.8 Å². The van der Waals surface area contributed by atoms with Gasteiger partial charge in [0.25, 0.3) is 0 Å². The summed E-state index contributed by atoms with van der Waals surface area (Å²) < 4.78 is 5.62. The topological polar surface area (TPSA) is 66.8 Å². The predicted octanol–water partition coefficient (Wildman–Crippen LogP) is 2.41. The van der Waals surface area contributed by atoms with Crippen molar-refractivity contribution in [1.82, 2.24) is 0 Å². The Hall–Kier alpha value is -2.01. The van der Waals surface area contributed by atoms with Crippen molar-refractivity contribution in [2.75, 3.05) is 6.61 Å². The van der Waals surface area contributed by atoms with E-state index in [0.29, 0.717) is 17.5 Å². The van der Waals surface area contributed by atoms with Crippen LogP contribution >= 0.6 is 0 Å². The molecule has 0 unspecified atom stereocenters. The summed E-state index contributed by atoms with van der Waals surface area (Å²) in [6.07, 6.45) is -0.977. The van der Waals surface area contributed by atoms with Gasteiger partial charge < -0.3 is 14.9 Å². The highest BCUT2D eigenvalue weighted by atomic mass is 16.5. The highest BCUT2D eigenvalue weighted by molar-refractivity contribution is 6.08. The summed E-state index contributed by atoms with van der Waals surface area (Å²) >= 11 is 0. The minimum Gasteiger partial charge on any atom is -0.394 e. The molecule has 2 N–H and O–H groups in total. The van der Waals surface area contributed by atoms with Crippen molar-refractivity contribution in [2.24, 2.45) is 0 Å². The number of hydrogen-bond donors (Lipinski definition) is 2. The lowest BCUT2D eigenvalue weighted by atomic mass is 9.99. The van der Waals surface area contributed by atoms with Crippen molar-refractivity contribution >= 4 is 5.78 Å². The maximum atomic E-state index is 12.4. The highest BCUT2D eigenvalue weighted by Crippen LogP contribution is 2.33. The maximum Gasteiger partial charge on any atom is 0.193 e. The van der Waals surface area contributed by atoms with Crippen LogP contribution < -0.4 is 0 Å². The molecule has 1 aliphatic rings. The Kier molecular flexibility index (Phi) is 4.57. The zero-order valence-corrected chi connectivity index (χ0v) is 13.0. The average Bonchev–Trinajstić information content (AvgIpc) is 2.96. The van der Waals surface area contributed by atoms with E-state index < -0.39 is 12.2 Å². The average molecular weight is 312 g/mol. The molecular formula is C19H20O4. The second-order valence-corrected chi connectivity index (χ2v) is 5.97. The minimum atomic E-state index is -0.654. The first-order chi connectivity index (χ1) is 11.1. The molecule has 120 valence electrons. The molecule has 23 heavy (non-hydrogen) atoms. The van der Waals surface area contributed by atoms with E-state index in [1.807, 2.05) is 43.3 Å². The SMILES string of the molecule is Cc1ccc(C(=O)c2ccc([C@H]3C[C@H](O)[C@@H](CO)O3)cc2)cc1. The number of aliphatic hydroxyl groups is 2. The molecule has 2 aromatic rings. The van der Waals surface area contributed by atoms with Gasteiger partial charge in [0.2, 0.25) is 0 Å². The number of hydrogen-bond acceptors (Lipinski definition) is 4. The number of aryl methyl sites for hydroxylation is 1. The van der Waals surface area contributed by atoms with Gasteiger partial charge in [-0.1, -0.05) is 54.1 Å². The quantitative estimate of drug-likeness (QED) is 0.851. The summed E-state index contributed by atoms with van der Waals surface area (Å²) in [5.74, 6) is -0.0165. The van der Waals surface area contributed by atoms with Gasteiger partial charge in [-0.2, -0.15) is 0 Å². The number of ketones is 1. The van der Waals surface area contributed by atoms with Crippen LogP contribution in [0, 0.1) is 6.92 Å². The lowest BCUT2D eigenvalue weighted by molar-refractivity contribution is -0.0225. The lowest BCUT2D eigenvalue weighted by Crippen LogP contribution is -2.24. The van der Waals surface area contributed by atoms with E-state index in [1.165, 1.54) is 0 Å². The molecule has 0 radical (unpaired) electrons. The molecule has 0 aliphatic carbocycles. The van der Waals surface area contributed by atoms with Gasteiger partial charge in [0, 0.05) is 17.5 Å². The van der Waals surface area contributed by atoms with Crippen LogP contribution in [-0.2, 0) is 4.74 Å². The fraction of sp³-hybridized carbons (Fsp3) is 0.316. The normalized spacial score (nSPS) is 23.9. The summed E-state index contributed by atoms with van der Waals surface area (Å²) in [4.78, 5) is 12.4.